The van der Waals surface area contributed by atoms with Crippen LogP contribution in [0.5, 0.6) is 0 Å². The van der Waals surface area contributed by atoms with Gasteiger partial charge in [-0.1, -0.05) is 18.2 Å². The molecule has 2 aromatic heterocycles. The molecule has 0 radical (unpaired) electrons. The molecule has 4 rings (SSSR count). The number of nitrogens with zero attached hydrogens (tertiary/aromatic N) is 3. The minimum Gasteiger partial charge on any atom is -0.338 e. The average Bonchev–Trinajstić information content (AvgIpc) is 2.67. The van der Waals surface area contributed by atoms with E-state index in [0.29, 0.717) is 24.5 Å². The van der Waals surface area contributed by atoms with Gasteiger partial charge < -0.3 is 9.88 Å². The normalized spacial score (nSPS) is 17.1. The molecule has 1 atom stereocenters. The molecule has 1 aromatic carbocycles. The van der Waals surface area contributed by atoms with E-state index in [1.807, 2.05) is 43.0 Å². The quantitative estimate of drug-likeness (QED) is 0.744. The van der Waals surface area contributed by atoms with Gasteiger partial charge >= 0.3 is 0 Å². The van der Waals surface area contributed by atoms with Crippen molar-refractivity contribution in [1.29, 1.82) is 0 Å². The molecule has 144 valence electrons. The molecule has 1 amide bonds. The second-order valence-corrected chi connectivity index (χ2v) is 7.63. The van der Waals surface area contributed by atoms with Gasteiger partial charge in [-0.25, -0.2) is 4.98 Å². The van der Waals surface area contributed by atoms with Gasteiger partial charge in [-0.15, -0.1) is 0 Å². The van der Waals surface area contributed by atoms with Gasteiger partial charge in [0.25, 0.3) is 11.5 Å². The van der Waals surface area contributed by atoms with E-state index >= 15 is 0 Å². The Labute approximate surface area is 163 Å². The lowest BCUT2D eigenvalue weighted by Crippen LogP contribution is -2.39. The smallest absolute Gasteiger partial charge is 0.254 e. The second kappa shape index (κ2) is 7.19. The highest BCUT2D eigenvalue weighted by molar-refractivity contribution is 6.06. The summed E-state index contributed by atoms with van der Waals surface area (Å²) in [4.78, 5) is 38.9. The highest BCUT2D eigenvalue weighted by Crippen LogP contribution is 2.28. The van der Waals surface area contributed by atoms with Gasteiger partial charge in [0.05, 0.1) is 16.8 Å². The fourth-order valence-corrected chi connectivity index (χ4v) is 4.08. The Hall–Kier alpha value is -3.02. The molecule has 0 aliphatic carbocycles. The van der Waals surface area contributed by atoms with Gasteiger partial charge in [0.1, 0.15) is 5.82 Å². The van der Waals surface area contributed by atoms with E-state index in [1.54, 1.807) is 13.0 Å². The first kappa shape index (κ1) is 18.3. The van der Waals surface area contributed by atoms with Crippen LogP contribution >= 0.6 is 0 Å². The Bertz CT molecular complexity index is 1120. The van der Waals surface area contributed by atoms with Gasteiger partial charge in [-0.2, -0.15) is 0 Å². The maximum atomic E-state index is 13.4. The van der Waals surface area contributed by atoms with Gasteiger partial charge in [-0.05, 0) is 45.2 Å². The minimum absolute atomic E-state index is 0.0207. The van der Waals surface area contributed by atoms with Crippen molar-refractivity contribution in [3.8, 4) is 0 Å². The molecule has 0 unspecified atom stereocenters. The number of aryl methyl sites for hydroxylation is 3. The van der Waals surface area contributed by atoms with E-state index in [-0.39, 0.29) is 17.4 Å². The predicted molar refractivity (Wildman–Crippen MR) is 109 cm³/mol. The Morgan fingerprint density at radius 3 is 2.79 bits per heavy atom. The molecule has 3 heterocycles. The van der Waals surface area contributed by atoms with E-state index in [4.69, 9.17) is 0 Å². The third-order valence-electron chi connectivity index (χ3n) is 5.41. The minimum atomic E-state index is -0.142. The number of nitrogens with one attached hydrogen (secondary N) is 1. The Kier molecular flexibility index (Phi) is 4.71. The number of piperidine rings is 1. The summed E-state index contributed by atoms with van der Waals surface area (Å²) in [5.41, 5.74) is 4.11. The third kappa shape index (κ3) is 3.42. The third-order valence-corrected chi connectivity index (χ3v) is 5.41. The largest absolute Gasteiger partial charge is 0.338 e. The molecule has 0 bridgehead atoms. The lowest BCUT2D eigenvalue weighted by Gasteiger charge is -2.33. The zero-order chi connectivity index (χ0) is 19.8. The number of H-pyrrole nitrogens is 1. The fourth-order valence-electron chi connectivity index (χ4n) is 4.08. The Morgan fingerprint density at radius 1 is 1.18 bits per heavy atom. The number of amides is 1. The number of hydrogen-bond acceptors (Lipinski definition) is 4. The SMILES string of the molecule is Cc1cc(C(=O)N2CCC[C@H](c3cc(=O)[nH]c(C)n3)C2)c2cccc(C)c2n1. The highest BCUT2D eigenvalue weighted by atomic mass is 16.2. The number of likely N-dealkylation sites (tertiary alicyclic amines) is 1. The number of benzene rings is 1. The molecule has 6 heteroatoms. The number of para-hydroxylation sites is 1. The molecule has 1 saturated heterocycles. The van der Waals surface area contributed by atoms with E-state index in [0.717, 1.165) is 40.7 Å². The van der Waals surface area contributed by atoms with Crippen LogP contribution in [0.1, 0.15) is 51.9 Å². The number of fused-ring (bicyclic) bond motifs is 1. The molecule has 0 spiro atoms. The van der Waals surface area contributed by atoms with Crippen LogP contribution in [0.3, 0.4) is 0 Å². The molecule has 1 aliphatic heterocycles. The summed E-state index contributed by atoms with van der Waals surface area (Å²) in [5, 5.41) is 0.892. The lowest BCUT2D eigenvalue weighted by molar-refractivity contribution is 0.0707. The van der Waals surface area contributed by atoms with Crippen molar-refractivity contribution in [2.24, 2.45) is 0 Å². The summed E-state index contributed by atoms with van der Waals surface area (Å²) in [5.74, 6) is 0.708. The zero-order valence-corrected chi connectivity index (χ0v) is 16.5. The molecule has 1 N–H and O–H groups in total. The Balaban J connectivity index is 1.68. The Morgan fingerprint density at radius 2 is 2.00 bits per heavy atom. The standard InChI is InChI=1S/C22H24N4O2/c1-13-6-4-8-17-18(10-14(2)23-21(13)17)22(28)26-9-5-7-16(12-26)19-11-20(27)25-15(3)24-19/h4,6,8,10-11,16H,5,7,9,12H2,1-3H3,(H,24,25,27)/t16-/m0/s1. The molecule has 1 aliphatic rings. The summed E-state index contributed by atoms with van der Waals surface area (Å²) >= 11 is 0. The van der Waals surface area contributed by atoms with Gasteiger partial charge in [0, 0.05) is 36.2 Å². The summed E-state index contributed by atoms with van der Waals surface area (Å²) in [6.07, 6.45) is 1.82. The molecule has 0 saturated carbocycles. The van der Waals surface area contributed by atoms with E-state index in [9.17, 15) is 9.59 Å². The van der Waals surface area contributed by atoms with Gasteiger partial charge in [0.2, 0.25) is 0 Å². The van der Waals surface area contributed by atoms with Crippen LogP contribution < -0.4 is 5.56 Å². The van der Waals surface area contributed by atoms with Crippen LogP contribution in [0.2, 0.25) is 0 Å². The van der Waals surface area contributed by atoms with Crippen molar-refractivity contribution < 1.29 is 4.79 Å². The molecule has 6 nitrogen and oxygen atoms in total. The molecule has 3 aromatic rings. The second-order valence-electron chi connectivity index (χ2n) is 7.63. The summed E-state index contributed by atoms with van der Waals surface area (Å²) in [7, 11) is 0. The van der Waals surface area contributed by atoms with Gasteiger partial charge in [0.15, 0.2) is 0 Å². The van der Waals surface area contributed by atoms with Crippen molar-refractivity contribution in [3.05, 3.63) is 69.0 Å². The van der Waals surface area contributed by atoms with Crippen LogP contribution in [0.4, 0.5) is 0 Å². The number of aromatic amines is 1. The van der Waals surface area contributed by atoms with E-state index in [1.165, 1.54) is 0 Å². The van der Waals surface area contributed by atoms with Crippen LogP contribution in [-0.2, 0) is 0 Å². The first-order valence-corrected chi connectivity index (χ1v) is 9.66. The first-order chi connectivity index (χ1) is 13.4. The zero-order valence-electron chi connectivity index (χ0n) is 16.5. The number of hydrogen-bond donors (Lipinski definition) is 1. The lowest BCUT2D eigenvalue weighted by atomic mass is 9.93. The molecule has 28 heavy (non-hydrogen) atoms. The highest BCUT2D eigenvalue weighted by Gasteiger charge is 2.28. The average molecular weight is 376 g/mol. The summed E-state index contributed by atoms with van der Waals surface area (Å²) in [6.45, 7) is 7.01. The summed E-state index contributed by atoms with van der Waals surface area (Å²) < 4.78 is 0. The molecular weight excluding hydrogens is 352 g/mol. The van der Waals surface area contributed by atoms with Crippen molar-refractivity contribution in [2.75, 3.05) is 13.1 Å². The fraction of sp³-hybridized carbons (Fsp3) is 0.364. The van der Waals surface area contributed by atoms with Crippen molar-refractivity contribution in [1.82, 2.24) is 19.9 Å². The van der Waals surface area contributed by atoms with Crippen LogP contribution in [0.25, 0.3) is 10.9 Å². The van der Waals surface area contributed by atoms with Crippen LogP contribution in [0.15, 0.2) is 35.1 Å². The number of aromatic nitrogens is 3. The van der Waals surface area contributed by atoms with E-state index in [2.05, 4.69) is 15.0 Å². The predicted octanol–water partition coefficient (Wildman–Crippen LogP) is 3.26. The van der Waals surface area contributed by atoms with Crippen LogP contribution in [-0.4, -0.2) is 38.8 Å². The maximum absolute atomic E-state index is 13.4. The molecular formula is C22H24N4O2. The van der Waals surface area contributed by atoms with Crippen molar-refractivity contribution >= 4 is 16.8 Å². The van der Waals surface area contributed by atoms with Crippen molar-refractivity contribution in [2.45, 2.75) is 39.5 Å². The monoisotopic (exact) mass is 376 g/mol. The van der Waals surface area contributed by atoms with E-state index < -0.39 is 0 Å². The number of pyridine rings is 1. The van der Waals surface area contributed by atoms with Crippen molar-refractivity contribution in [3.63, 3.8) is 0 Å². The van der Waals surface area contributed by atoms with Crippen LogP contribution in [0, 0.1) is 20.8 Å². The first-order valence-electron chi connectivity index (χ1n) is 9.66. The van der Waals surface area contributed by atoms with Gasteiger partial charge in [-0.3, -0.25) is 14.6 Å². The number of carbonyl (C=O) groups excluding carboxylic acids is 1. The number of rotatable bonds is 2. The topological polar surface area (TPSA) is 79.0 Å². The maximum Gasteiger partial charge on any atom is 0.254 e. The number of carbonyl (C=O) groups is 1. The summed E-state index contributed by atoms with van der Waals surface area (Å²) in [6, 6.07) is 9.38. The molecule has 1 fully saturated rings.